The van der Waals surface area contributed by atoms with Gasteiger partial charge in [-0.3, -0.25) is 20.4 Å². The summed E-state index contributed by atoms with van der Waals surface area (Å²) < 4.78 is 71.0. The van der Waals surface area contributed by atoms with E-state index < -0.39 is 27.7 Å². The number of carbonyl (C=O) groups excluding carboxylic acids is 1. The Morgan fingerprint density at radius 2 is 1.85 bits per heavy atom. The first-order valence-electron chi connectivity index (χ1n) is 9.80. The number of hydrazine groups is 1. The van der Waals surface area contributed by atoms with E-state index in [-0.39, 0.29) is 27.4 Å². The summed E-state index contributed by atoms with van der Waals surface area (Å²) in [6.07, 6.45) is -2.61. The van der Waals surface area contributed by atoms with Crippen LogP contribution in [0.5, 0.6) is 0 Å². The van der Waals surface area contributed by atoms with Crippen LogP contribution in [0.3, 0.4) is 0 Å². The second kappa shape index (κ2) is 10.4. The highest BCUT2D eigenvalue weighted by atomic mass is 32.2. The van der Waals surface area contributed by atoms with E-state index in [1.807, 2.05) is 0 Å². The van der Waals surface area contributed by atoms with E-state index in [9.17, 15) is 26.4 Å². The molecule has 0 aromatic heterocycles. The van der Waals surface area contributed by atoms with Crippen molar-refractivity contribution < 1.29 is 31.1 Å². The number of benzene rings is 2. The zero-order valence-corrected chi connectivity index (χ0v) is 18.7. The summed E-state index contributed by atoms with van der Waals surface area (Å²) in [5.41, 5.74) is 3.85. The summed E-state index contributed by atoms with van der Waals surface area (Å²) in [6.45, 7) is 1.22. The Labute approximate surface area is 193 Å². The topological polar surface area (TPSA) is 109 Å². The number of nitrogens with one attached hydrogen (secondary N) is 4. The summed E-state index contributed by atoms with van der Waals surface area (Å²) >= 11 is 5.07. The lowest BCUT2D eigenvalue weighted by Crippen LogP contribution is -2.48. The Bertz CT molecular complexity index is 1100. The van der Waals surface area contributed by atoms with Gasteiger partial charge in [0.05, 0.1) is 16.6 Å². The molecule has 1 saturated heterocycles. The average Bonchev–Trinajstić information content (AvgIpc) is 3.29. The summed E-state index contributed by atoms with van der Waals surface area (Å²) in [7, 11) is -4.17. The summed E-state index contributed by atoms with van der Waals surface area (Å²) in [4.78, 5) is 12.0. The average molecular weight is 503 g/mol. The van der Waals surface area contributed by atoms with E-state index in [2.05, 4.69) is 20.9 Å². The van der Waals surface area contributed by atoms with Gasteiger partial charge in [0.2, 0.25) is 0 Å². The molecule has 3 rings (SSSR count). The molecule has 0 unspecified atom stereocenters. The van der Waals surface area contributed by atoms with Crippen molar-refractivity contribution in [3.8, 4) is 0 Å². The lowest BCUT2D eigenvalue weighted by atomic mass is 10.2. The molecular weight excluding hydrogens is 481 g/mol. The zero-order chi connectivity index (χ0) is 24.1. The number of amides is 1. The molecule has 8 nitrogen and oxygen atoms in total. The van der Waals surface area contributed by atoms with Gasteiger partial charge in [0.25, 0.3) is 15.9 Å². The molecule has 2 aromatic rings. The molecule has 13 heteroatoms. The molecule has 0 radical (unpaired) electrons. The molecule has 0 aliphatic carbocycles. The van der Waals surface area contributed by atoms with E-state index in [1.165, 1.54) is 30.3 Å². The number of carbonyl (C=O) groups is 1. The van der Waals surface area contributed by atoms with E-state index in [0.29, 0.717) is 19.2 Å². The smallest absolute Gasteiger partial charge is 0.376 e. The predicted octanol–water partition coefficient (Wildman–Crippen LogP) is 2.79. The van der Waals surface area contributed by atoms with Crippen molar-refractivity contribution in [2.75, 3.05) is 17.9 Å². The minimum Gasteiger partial charge on any atom is -0.376 e. The molecule has 2 aromatic carbocycles. The van der Waals surface area contributed by atoms with E-state index in [1.54, 1.807) is 0 Å². The quantitative estimate of drug-likeness (QED) is 0.355. The first-order chi connectivity index (χ1) is 15.5. The van der Waals surface area contributed by atoms with Gasteiger partial charge in [-0.2, -0.15) is 13.2 Å². The normalized spacial score (nSPS) is 16.2. The highest BCUT2D eigenvalue weighted by Gasteiger charge is 2.30. The molecule has 1 heterocycles. The third-order valence-corrected chi connectivity index (χ3v) is 6.32. The standard InChI is InChI=1S/C20H21F3N4O4S2/c21-20(22,23)14-3-1-4-15(11-14)27-33(29,30)17-8-6-13(7-9-17)18(28)25-26-19(32)24-12-16-5-2-10-31-16/h1,3-4,6-9,11,16,27H,2,5,10,12H2,(H,25,28)(H2,24,26,32)/t16-/m0/s1. The van der Waals surface area contributed by atoms with Gasteiger partial charge in [0.15, 0.2) is 5.11 Å². The maximum Gasteiger partial charge on any atom is 0.416 e. The highest BCUT2D eigenvalue weighted by molar-refractivity contribution is 7.92. The zero-order valence-electron chi connectivity index (χ0n) is 17.1. The molecule has 178 valence electrons. The van der Waals surface area contributed by atoms with Crippen molar-refractivity contribution in [3.63, 3.8) is 0 Å². The minimum absolute atomic E-state index is 0.0690. The van der Waals surface area contributed by atoms with E-state index in [0.717, 1.165) is 25.0 Å². The van der Waals surface area contributed by atoms with Crippen LogP contribution in [0.15, 0.2) is 53.4 Å². The van der Waals surface area contributed by atoms with Crippen LogP contribution >= 0.6 is 12.2 Å². The number of hydrogen-bond donors (Lipinski definition) is 4. The molecular formula is C20H21F3N4O4S2. The van der Waals surface area contributed by atoms with Crippen LogP contribution in [-0.2, 0) is 20.9 Å². The number of thiocarbonyl (C=S) groups is 1. The summed E-state index contributed by atoms with van der Waals surface area (Å²) in [5, 5.41) is 3.12. The van der Waals surface area contributed by atoms with Crippen molar-refractivity contribution in [2.24, 2.45) is 0 Å². The molecule has 1 aliphatic rings. The third-order valence-electron chi connectivity index (χ3n) is 4.67. The van der Waals surface area contributed by atoms with Crippen molar-refractivity contribution >= 4 is 38.9 Å². The molecule has 1 fully saturated rings. The molecule has 1 atom stereocenters. The van der Waals surface area contributed by atoms with Gasteiger partial charge in [-0.05, 0) is 67.5 Å². The number of anilines is 1. The van der Waals surface area contributed by atoms with Crippen LogP contribution in [-0.4, -0.2) is 38.7 Å². The minimum atomic E-state index is -4.60. The number of rotatable bonds is 6. The Morgan fingerprint density at radius 1 is 1.12 bits per heavy atom. The van der Waals surface area contributed by atoms with Gasteiger partial charge in [-0.15, -0.1) is 0 Å². The highest BCUT2D eigenvalue weighted by Crippen LogP contribution is 2.31. The maximum absolute atomic E-state index is 12.8. The SMILES string of the molecule is O=C(NNC(=S)NC[C@@H]1CCCO1)c1ccc(S(=O)(=O)Nc2cccc(C(F)(F)F)c2)cc1. The third kappa shape index (κ3) is 7.04. The van der Waals surface area contributed by atoms with Gasteiger partial charge in [0.1, 0.15) is 0 Å². The summed E-state index contributed by atoms with van der Waals surface area (Å²) in [5.74, 6) is -0.564. The maximum atomic E-state index is 12.8. The monoisotopic (exact) mass is 502 g/mol. The first-order valence-corrected chi connectivity index (χ1v) is 11.7. The lowest BCUT2D eigenvalue weighted by Gasteiger charge is -2.14. The van der Waals surface area contributed by atoms with Crippen molar-refractivity contribution in [1.82, 2.24) is 16.2 Å². The van der Waals surface area contributed by atoms with Gasteiger partial charge in [-0.25, -0.2) is 8.42 Å². The fraction of sp³-hybridized carbons (Fsp3) is 0.300. The molecule has 0 saturated carbocycles. The van der Waals surface area contributed by atoms with Crippen LogP contribution in [0.2, 0.25) is 0 Å². The molecule has 1 aliphatic heterocycles. The molecule has 33 heavy (non-hydrogen) atoms. The predicted molar refractivity (Wildman–Crippen MR) is 119 cm³/mol. The number of halogens is 3. The number of hydrogen-bond acceptors (Lipinski definition) is 5. The first kappa shape index (κ1) is 24.7. The fourth-order valence-electron chi connectivity index (χ4n) is 3.00. The van der Waals surface area contributed by atoms with Crippen LogP contribution in [0, 0.1) is 0 Å². The Kier molecular flexibility index (Phi) is 7.76. The van der Waals surface area contributed by atoms with Crippen molar-refractivity contribution in [2.45, 2.75) is 30.0 Å². The van der Waals surface area contributed by atoms with Gasteiger partial charge >= 0.3 is 6.18 Å². The largest absolute Gasteiger partial charge is 0.416 e. The van der Waals surface area contributed by atoms with Crippen LogP contribution < -0.4 is 20.9 Å². The van der Waals surface area contributed by atoms with E-state index in [4.69, 9.17) is 17.0 Å². The van der Waals surface area contributed by atoms with Gasteiger partial charge in [-0.1, -0.05) is 6.07 Å². The molecule has 1 amide bonds. The van der Waals surface area contributed by atoms with Gasteiger partial charge < -0.3 is 10.1 Å². The van der Waals surface area contributed by atoms with Crippen molar-refractivity contribution in [1.29, 1.82) is 0 Å². The molecule has 0 bridgehead atoms. The van der Waals surface area contributed by atoms with Gasteiger partial charge in [0, 0.05) is 24.4 Å². The van der Waals surface area contributed by atoms with Crippen LogP contribution in [0.1, 0.15) is 28.8 Å². The number of alkyl halides is 3. The second-order valence-electron chi connectivity index (χ2n) is 7.13. The summed E-state index contributed by atoms with van der Waals surface area (Å²) in [6, 6.07) is 8.69. The number of ether oxygens (including phenoxy) is 1. The fourth-order valence-corrected chi connectivity index (χ4v) is 4.18. The van der Waals surface area contributed by atoms with Crippen LogP contribution in [0.25, 0.3) is 0 Å². The Morgan fingerprint density at radius 3 is 2.48 bits per heavy atom. The van der Waals surface area contributed by atoms with Crippen molar-refractivity contribution in [3.05, 3.63) is 59.7 Å². The van der Waals surface area contributed by atoms with E-state index >= 15 is 0 Å². The Hall–Kier alpha value is -2.90. The Balaban J connectivity index is 1.56. The lowest BCUT2D eigenvalue weighted by molar-refractivity contribution is -0.137. The molecule has 4 N–H and O–H groups in total. The van der Waals surface area contributed by atoms with Crippen LogP contribution in [0.4, 0.5) is 18.9 Å². The number of sulfonamides is 1. The molecule has 0 spiro atoms. The second-order valence-corrected chi connectivity index (χ2v) is 9.22.